The van der Waals surface area contributed by atoms with Crippen LogP contribution in [0.3, 0.4) is 0 Å². The van der Waals surface area contributed by atoms with Crippen molar-refractivity contribution in [3.05, 3.63) is 119 Å². The molecule has 0 saturated heterocycles. The molecule has 3 aromatic rings. The van der Waals surface area contributed by atoms with E-state index in [1.165, 1.54) is 0 Å². The van der Waals surface area contributed by atoms with Crippen molar-refractivity contribution in [3.63, 3.8) is 0 Å². The van der Waals surface area contributed by atoms with Crippen LogP contribution < -0.4 is 0 Å². The number of hydrogen-bond acceptors (Lipinski definition) is 1. The number of hydrogen-bond donors (Lipinski definition) is 0. The van der Waals surface area contributed by atoms with Crippen molar-refractivity contribution in [1.29, 1.82) is 0 Å². The van der Waals surface area contributed by atoms with Crippen LogP contribution in [-0.2, 0) is 0 Å². The Kier molecular flexibility index (Phi) is 5.21. The van der Waals surface area contributed by atoms with E-state index in [9.17, 15) is 5.21 Å². The van der Waals surface area contributed by atoms with Gasteiger partial charge in [0.2, 0.25) is 6.04 Å². The molecule has 0 bridgehead atoms. The van der Waals surface area contributed by atoms with Gasteiger partial charge in [-0.2, -0.15) is 0 Å². The molecule has 0 N–H and O–H groups in total. The van der Waals surface area contributed by atoms with E-state index in [2.05, 4.69) is 0 Å². The fourth-order valence-electron chi connectivity index (χ4n) is 2.53. The van der Waals surface area contributed by atoms with Gasteiger partial charge in [-0.05, 0) is 23.8 Å². The van der Waals surface area contributed by atoms with Gasteiger partial charge < -0.3 is 5.21 Å². The number of nitrogens with zero attached hydrogens (tertiary/aromatic N) is 1. The average molecular weight is 313 g/mol. The third-order valence-corrected chi connectivity index (χ3v) is 3.76. The van der Waals surface area contributed by atoms with Gasteiger partial charge in [-0.3, -0.25) is 0 Å². The van der Waals surface area contributed by atoms with E-state index in [4.69, 9.17) is 0 Å². The third kappa shape index (κ3) is 4.20. The molecule has 3 aromatic carbocycles. The van der Waals surface area contributed by atoms with Crippen LogP contribution in [0.1, 0.15) is 22.7 Å². The molecule has 3 rings (SSSR count). The van der Waals surface area contributed by atoms with Gasteiger partial charge in [0.25, 0.3) is 0 Å². The molecule has 0 amide bonds. The van der Waals surface area contributed by atoms with Crippen LogP contribution in [0.25, 0.3) is 6.08 Å². The molecule has 2 heteroatoms. The quantitative estimate of drug-likeness (QED) is 0.279. The second-order valence-electron chi connectivity index (χ2n) is 5.52. The molecule has 0 aromatic heterocycles. The molecular weight excluding hydrogens is 294 g/mol. The molecule has 0 saturated carbocycles. The van der Waals surface area contributed by atoms with E-state index in [1.807, 2.05) is 103 Å². The summed E-state index contributed by atoms with van der Waals surface area (Å²) < 4.78 is 1.00. The van der Waals surface area contributed by atoms with Crippen molar-refractivity contribution >= 4 is 12.3 Å². The van der Waals surface area contributed by atoms with E-state index in [1.54, 1.807) is 6.21 Å². The standard InChI is InChI=1S/C22H19NO/c24-23(18-20-12-6-2-7-13-20)22(21-14-8-3-9-15-21)17-16-19-10-4-1-5-11-19/h1-18,22H/b17-16+,23-18-. The monoisotopic (exact) mass is 313 g/mol. The smallest absolute Gasteiger partial charge is 0.207 e. The first-order chi connectivity index (χ1) is 11.8. The minimum Gasteiger partial charge on any atom is -0.623 e. The Morgan fingerprint density at radius 2 is 1.17 bits per heavy atom. The van der Waals surface area contributed by atoms with Crippen LogP contribution in [0.15, 0.2) is 97.1 Å². The highest BCUT2D eigenvalue weighted by atomic mass is 16.5. The topological polar surface area (TPSA) is 26.1 Å². The largest absolute Gasteiger partial charge is 0.623 e. The summed E-state index contributed by atoms with van der Waals surface area (Å²) >= 11 is 0. The summed E-state index contributed by atoms with van der Waals surface area (Å²) in [6.45, 7) is 0. The highest BCUT2D eigenvalue weighted by Crippen LogP contribution is 2.19. The van der Waals surface area contributed by atoms with Crippen LogP contribution in [0, 0.1) is 5.21 Å². The normalized spacial score (nSPS) is 13.1. The van der Waals surface area contributed by atoms with Crippen LogP contribution in [-0.4, -0.2) is 11.0 Å². The second kappa shape index (κ2) is 7.93. The maximum Gasteiger partial charge on any atom is 0.207 e. The van der Waals surface area contributed by atoms with Gasteiger partial charge in [0.1, 0.15) is 0 Å². The van der Waals surface area contributed by atoms with Crippen molar-refractivity contribution in [3.8, 4) is 0 Å². The zero-order valence-corrected chi connectivity index (χ0v) is 13.3. The number of rotatable bonds is 5. The van der Waals surface area contributed by atoms with Crippen LogP contribution in [0.5, 0.6) is 0 Å². The molecule has 1 unspecified atom stereocenters. The van der Waals surface area contributed by atoms with Crippen molar-refractivity contribution < 1.29 is 4.74 Å². The Hall–Kier alpha value is -3.13. The lowest BCUT2D eigenvalue weighted by Gasteiger charge is -2.14. The summed E-state index contributed by atoms with van der Waals surface area (Å²) in [5.74, 6) is 0. The number of hydroxylamine groups is 1. The van der Waals surface area contributed by atoms with E-state index in [0.29, 0.717) is 0 Å². The second-order valence-corrected chi connectivity index (χ2v) is 5.52. The molecule has 1 atom stereocenters. The minimum atomic E-state index is -0.369. The lowest BCUT2D eigenvalue weighted by molar-refractivity contribution is -0.488. The first-order valence-electron chi connectivity index (χ1n) is 7.96. The highest BCUT2D eigenvalue weighted by Gasteiger charge is 2.15. The van der Waals surface area contributed by atoms with E-state index in [0.717, 1.165) is 21.4 Å². The SMILES string of the molecule is [O-]/[N+](=C\c1ccccc1)C(/C=C/c1ccccc1)c1ccccc1. The van der Waals surface area contributed by atoms with E-state index >= 15 is 0 Å². The van der Waals surface area contributed by atoms with Gasteiger partial charge in [0.15, 0.2) is 6.21 Å². The van der Waals surface area contributed by atoms with Crippen molar-refractivity contribution in [2.45, 2.75) is 6.04 Å². The Labute approximate surface area is 142 Å². The first kappa shape index (κ1) is 15.8. The summed E-state index contributed by atoms with van der Waals surface area (Å²) in [7, 11) is 0. The van der Waals surface area contributed by atoms with Gasteiger partial charge in [-0.15, -0.1) is 0 Å². The Balaban J connectivity index is 1.93. The fourth-order valence-corrected chi connectivity index (χ4v) is 2.53. The molecule has 2 nitrogen and oxygen atoms in total. The van der Waals surface area contributed by atoms with Gasteiger partial charge in [0.05, 0.1) is 0 Å². The number of benzene rings is 3. The molecule has 0 radical (unpaired) electrons. The Morgan fingerprint density at radius 3 is 1.75 bits per heavy atom. The van der Waals surface area contributed by atoms with Crippen molar-refractivity contribution in [2.24, 2.45) is 0 Å². The summed E-state index contributed by atoms with van der Waals surface area (Å²) in [5.41, 5.74) is 2.93. The summed E-state index contributed by atoms with van der Waals surface area (Å²) in [4.78, 5) is 0. The molecule has 0 aliphatic heterocycles. The zero-order chi connectivity index (χ0) is 16.6. The third-order valence-electron chi connectivity index (χ3n) is 3.76. The van der Waals surface area contributed by atoms with Crippen molar-refractivity contribution in [2.75, 3.05) is 0 Å². The molecule has 0 heterocycles. The predicted octanol–water partition coefficient (Wildman–Crippen LogP) is 5.07. The Morgan fingerprint density at radius 1 is 0.667 bits per heavy atom. The van der Waals surface area contributed by atoms with Gasteiger partial charge in [-0.1, -0.05) is 84.9 Å². The zero-order valence-electron chi connectivity index (χ0n) is 13.3. The molecule has 118 valence electrons. The molecule has 0 aliphatic rings. The molecule has 0 aliphatic carbocycles. The average Bonchev–Trinajstić information content (AvgIpc) is 2.64. The van der Waals surface area contributed by atoms with E-state index < -0.39 is 0 Å². The Bertz CT molecular complexity index is 808. The highest BCUT2D eigenvalue weighted by molar-refractivity contribution is 5.75. The van der Waals surface area contributed by atoms with Gasteiger partial charge in [-0.25, -0.2) is 4.74 Å². The van der Waals surface area contributed by atoms with Crippen LogP contribution >= 0.6 is 0 Å². The lowest BCUT2D eigenvalue weighted by Crippen LogP contribution is -2.12. The molecule has 24 heavy (non-hydrogen) atoms. The molecule has 0 fully saturated rings. The van der Waals surface area contributed by atoms with Gasteiger partial charge in [0, 0.05) is 11.1 Å². The molecular formula is C22H19NO. The summed E-state index contributed by atoms with van der Waals surface area (Å²) in [6.07, 6.45) is 5.56. The predicted molar refractivity (Wildman–Crippen MR) is 99.9 cm³/mol. The summed E-state index contributed by atoms with van der Waals surface area (Å²) in [5, 5.41) is 12.7. The van der Waals surface area contributed by atoms with E-state index in [-0.39, 0.29) is 6.04 Å². The van der Waals surface area contributed by atoms with Crippen molar-refractivity contribution in [1.82, 2.24) is 0 Å². The minimum absolute atomic E-state index is 0.369. The van der Waals surface area contributed by atoms with Crippen LogP contribution in [0.2, 0.25) is 0 Å². The molecule has 0 spiro atoms. The van der Waals surface area contributed by atoms with Gasteiger partial charge >= 0.3 is 0 Å². The maximum absolute atomic E-state index is 12.7. The van der Waals surface area contributed by atoms with Crippen LogP contribution in [0.4, 0.5) is 0 Å². The maximum atomic E-state index is 12.7. The lowest BCUT2D eigenvalue weighted by atomic mass is 10.1. The fraction of sp³-hybridized carbons (Fsp3) is 0.0455. The summed E-state index contributed by atoms with van der Waals surface area (Å²) in [6, 6.07) is 29.1. The first-order valence-corrected chi connectivity index (χ1v) is 7.96.